The number of nitrogens with zero attached hydrogens (tertiary/aromatic N) is 1. The lowest BCUT2D eigenvalue weighted by atomic mass is 10.2. The van der Waals surface area contributed by atoms with E-state index in [-0.39, 0.29) is 5.56 Å². The van der Waals surface area contributed by atoms with Gasteiger partial charge in [-0.2, -0.15) is 0 Å². The van der Waals surface area contributed by atoms with Crippen LogP contribution in [0.25, 0.3) is 0 Å². The van der Waals surface area contributed by atoms with Gasteiger partial charge in [0, 0.05) is 28.1 Å². The summed E-state index contributed by atoms with van der Waals surface area (Å²) in [6, 6.07) is 7.85. The Morgan fingerprint density at radius 3 is 2.52 bits per heavy atom. The van der Waals surface area contributed by atoms with Crippen LogP contribution in [0.3, 0.4) is 0 Å². The van der Waals surface area contributed by atoms with Crippen molar-refractivity contribution in [3.63, 3.8) is 0 Å². The third-order valence-electron chi connectivity index (χ3n) is 2.94. The Balaban J connectivity index is 2.05. The van der Waals surface area contributed by atoms with Gasteiger partial charge in [-0.05, 0) is 36.8 Å². The zero-order chi connectivity index (χ0) is 16.8. The van der Waals surface area contributed by atoms with E-state index in [1.165, 1.54) is 6.20 Å². The minimum absolute atomic E-state index is 0.282. The van der Waals surface area contributed by atoms with Gasteiger partial charge < -0.3 is 10.1 Å². The minimum atomic E-state index is -0.930. The number of nitrogens with one attached hydrogen (secondary N) is 1. The molecule has 0 fully saturated rings. The SMILES string of the molecule is CCC(OC(=O)c1cccnc1)C(=O)Nc1cc(Cl)cc(Cl)c1. The predicted octanol–water partition coefficient (Wildman–Crippen LogP) is 3.96. The normalized spacial score (nSPS) is 11.6. The summed E-state index contributed by atoms with van der Waals surface area (Å²) >= 11 is 11.8. The topological polar surface area (TPSA) is 68.3 Å². The van der Waals surface area contributed by atoms with Crippen molar-refractivity contribution >= 4 is 40.8 Å². The first-order valence-electron chi connectivity index (χ1n) is 6.87. The Morgan fingerprint density at radius 1 is 1.26 bits per heavy atom. The van der Waals surface area contributed by atoms with E-state index in [4.69, 9.17) is 27.9 Å². The fraction of sp³-hybridized carbons (Fsp3) is 0.188. The van der Waals surface area contributed by atoms with Crippen LogP contribution in [-0.4, -0.2) is 23.0 Å². The van der Waals surface area contributed by atoms with E-state index in [1.54, 1.807) is 43.5 Å². The van der Waals surface area contributed by atoms with Crippen molar-refractivity contribution in [3.8, 4) is 0 Å². The minimum Gasteiger partial charge on any atom is -0.449 e. The number of ether oxygens (including phenoxy) is 1. The summed E-state index contributed by atoms with van der Waals surface area (Å²) in [5.41, 5.74) is 0.716. The fourth-order valence-electron chi connectivity index (χ4n) is 1.85. The molecule has 5 nitrogen and oxygen atoms in total. The summed E-state index contributed by atoms with van der Waals surface area (Å²) in [4.78, 5) is 28.1. The highest BCUT2D eigenvalue weighted by atomic mass is 35.5. The molecule has 1 aromatic carbocycles. The largest absolute Gasteiger partial charge is 0.449 e. The van der Waals surface area contributed by atoms with E-state index in [9.17, 15) is 9.59 Å². The van der Waals surface area contributed by atoms with Gasteiger partial charge >= 0.3 is 5.97 Å². The van der Waals surface area contributed by atoms with Crippen molar-refractivity contribution < 1.29 is 14.3 Å². The summed E-state index contributed by atoms with van der Waals surface area (Å²) in [6.45, 7) is 1.74. The van der Waals surface area contributed by atoms with Gasteiger partial charge in [-0.15, -0.1) is 0 Å². The van der Waals surface area contributed by atoms with Gasteiger partial charge in [0.15, 0.2) is 6.10 Å². The molecule has 1 amide bonds. The molecule has 7 heteroatoms. The Hall–Kier alpha value is -2.11. The van der Waals surface area contributed by atoms with Crippen molar-refractivity contribution in [1.29, 1.82) is 0 Å². The van der Waals surface area contributed by atoms with Gasteiger partial charge in [-0.25, -0.2) is 4.79 Å². The maximum atomic E-state index is 12.2. The molecular weight excluding hydrogens is 339 g/mol. The van der Waals surface area contributed by atoms with E-state index in [0.29, 0.717) is 22.2 Å². The van der Waals surface area contributed by atoms with Crippen molar-refractivity contribution in [2.24, 2.45) is 0 Å². The molecule has 0 saturated carbocycles. The quantitative estimate of drug-likeness (QED) is 0.826. The number of carbonyl (C=O) groups excluding carboxylic acids is 2. The molecular formula is C16H14Cl2N2O3. The van der Waals surface area contributed by atoms with Crippen LogP contribution < -0.4 is 5.32 Å². The van der Waals surface area contributed by atoms with Crippen LogP contribution >= 0.6 is 23.2 Å². The second kappa shape index (κ2) is 7.94. The first-order valence-corrected chi connectivity index (χ1v) is 7.63. The number of aromatic nitrogens is 1. The Labute approximate surface area is 143 Å². The highest BCUT2D eigenvalue weighted by Crippen LogP contribution is 2.22. The van der Waals surface area contributed by atoms with Crippen molar-refractivity contribution in [1.82, 2.24) is 4.98 Å². The number of amides is 1. The third kappa shape index (κ3) is 4.94. The summed E-state index contributed by atoms with van der Waals surface area (Å²) in [5, 5.41) is 3.42. The van der Waals surface area contributed by atoms with Crippen LogP contribution in [0.5, 0.6) is 0 Å². The lowest BCUT2D eigenvalue weighted by Crippen LogP contribution is -2.32. The van der Waals surface area contributed by atoms with Gasteiger partial charge in [0.25, 0.3) is 5.91 Å². The van der Waals surface area contributed by atoms with Crippen molar-refractivity contribution in [2.45, 2.75) is 19.4 Å². The predicted molar refractivity (Wildman–Crippen MR) is 88.8 cm³/mol. The number of carbonyl (C=O) groups is 2. The number of esters is 1. The van der Waals surface area contributed by atoms with Crippen LogP contribution in [0.15, 0.2) is 42.7 Å². The van der Waals surface area contributed by atoms with E-state index >= 15 is 0 Å². The molecule has 0 aliphatic rings. The average Bonchev–Trinajstić information content (AvgIpc) is 2.52. The average molecular weight is 353 g/mol. The smallest absolute Gasteiger partial charge is 0.340 e. The molecule has 1 N–H and O–H groups in total. The Kier molecular flexibility index (Phi) is 5.96. The van der Waals surface area contributed by atoms with Crippen LogP contribution in [0, 0.1) is 0 Å². The van der Waals surface area contributed by atoms with E-state index in [1.807, 2.05) is 0 Å². The standard InChI is InChI=1S/C16H14Cl2N2O3/c1-2-14(23-16(22)10-4-3-5-19-9-10)15(21)20-13-7-11(17)6-12(18)8-13/h3-9,14H,2H2,1H3,(H,20,21). The van der Waals surface area contributed by atoms with Crippen LogP contribution in [0.1, 0.15) is 23.7 Å². The monoisotopic (exact) mass is 352 g/mol. The van der Waals surface area contributed by atoms with Crippen LogP contribution in [0.4, 0.5) is 5.69 Å². The zero-order valence-electron chi connectivity index (χ0n) is 12.3. The number of pyridine rings is 1. The summed E-state index contributed by atoms with van der Waals surface area (Å²) in [6.07, 6.45) is 2.32. The van der Waals surface area contributed by atoms with Gasteiger partial charge in [0.05, 0.1) is 5.56 Å². The summed E-state index contributed by atoms with van der Waals surface area (Å²) in [5.74, 6) is -1.06. The van der Waals surface area contributed by atoms with Crippen molar-refractivity contribution in [3.05, 3.63) is 58.3 Å². The molecule has 120 valence electrons. The zero-order valence-corrected chi connectivity index (χ0v) is 13.8. The fourth-order valence-corrected chi connectivity index (χ4v) is 2.38. The summed E-state index contributed by atoms with van der Waals surface area (Å²) < 4.78 is 5.22. The first-order chi connectivity index (χ1) is 11.0. The molecule has 0 aliphatic heterocycles. The lowest BCUT2D eigenvalue weighted by Gasteiger charge is -2.16. The lowest BCUT2D eigenvalue weighted by molar-refractivity contribution is -0.124. The third-order valence-corrected chi connectivity index (χ3v) is 3.38. The van der Waals surface area contributed by atoms with Crippen LogP contribution in [0.2, 0.25) is 10.0 Å². The molecule has 2 aromatic rings. The highest BCUT2D eigenvalue weighted by Gasteiger charge is 2.22. The molecule has 0 spiro atoms. The molecule has 1 unspecified atom stereocenters. The Morgan fingerprint density at radius 2 is 1.96 bits per heavy atom. The molecule has 0 aliphatic carbocycles. The van der Waals surface area contributed by atoms with Gasteiger partial charge in [-0.3, -0.25) is 9.78 Å². The molecule has 0 saturated heterocycles. The second-order valence-corrected chi connectivity index (χ2v) is 5.56. The maximum absolute atomic E-state index is 12.2. The molecule has 0 bridgehead atoms. The molecule has 1 atom stereocenters. The molecule has 1 aromatic heterocycles. The number of anilines is 1. The molecule has 1 heterocycles. The number of halogens is 2. The number of benzene rings is 1. The maximum Gasteiger partial charge on any atom is 0.340 e. The highest BCUT2D eigenvalue weighted by molar-refractivity contribution is 6.35. The van der Waals surface area contributed by atoms with Crippen molar-refractivity contribution in [2.75, 3.05) is 5.32 Å². The molecule has 2 rings (SSSR count). The van der Waals surface area contributed by atoms with E-state index in [2.05, 4.69) is 10.3 Å². The van der Waals surface area contributed by atoms with E-state index in [0.717, 1.165) is 0 Å². The summed E-state index contributed by atoms with van der Waals surface area (Å²) in [7, 11) is 0. The number of hydrogen-bond donors (Lipinski definition) is 1. The van der Waals surface area contributed by atoms with Crippen LogP contribution in [-0.2, 0) is 9.53 Å². The van der Waals surface area contributed by atoms with Gasteiger partial charge in [-0.1, -0.05) is 30.1 Å². The van der Waals surface area contributed by atoms with Gasteiger partial charge in [0.1, 0.15) is 0 Å². The Bertz CT molecular complexity index is 687. The van der Waals surface area contributed by atoms with E-state index < -0.39 is 18.0 Å². The number of rotatable bonds is 5. The number of hydrogen-bond acceptors (Lipinski definition) is 4. The first kappa shape index (κ1) is 17.2. The van der Waals surface area contributed by atoms with Gasteiger partial charge in [0.2, 0.25) is 0 Å². The molecule has 23 heavy (non-hydrogen) atoms. The second-order valence-electron chi connectivity index (χ2n) is 4.69. The molecule has 0 radical (unpaired) electrons.